The van der Waals surface area contributed by atoms with Crippen LogP contribution in [0.3, 0.4) is 0 Å². The lowest BCUT2D eigenvalue weighted by Crippen LogP contribution is -1.60. The van der Waals surface area contributed by atoms with Gasteiger partial charge in [0, 0.05) is 5.57 Å². The molecule has 0 spiro atoms. The van der Waals surface area contributed by atoms with Gasteiger partial charge < -0.3 is 0 Å². The first-order valence-electron chi connectivity index (χ1n) is 2.59. The summed E-state index contributed by atoms with van der Waals surface area (Å²) in [5.41, 5.74) is 0.725. The maximum absolute atomic E-state index is 4.96. The second kappa shape index (κ2) is 9.91. The minimum atomic E-state index is 0.725. The van der Waals surface area contributed by atoms with Gasteiger partial charge in [-0.15, -0.1) is 19.6 Å². The maximum Gasteiger partial charge on any atom is 0.0167 e. The van der Waals surface area contributed by atoms with Crippen LogP contribution >= 0.6 is 0 Å². The molecule has 0 N–H and O–H groups in total. The van der Waals surface area contributed by atoms with Crippen LogP contribution in [0.25, 0.3) is 0 Å². The summed E-state index contributed by atoms with van der Waals surface area (Å²) in [6.45, 7) is 11.4. The van der Waals surface area contributed by atoms with E-state index < -0.39 is 0 Å². The molecular formula is C9H12. The molecule has 0 aliphatic heterocycles. The predicted molar refractivity (Wildman–Crippen MR) is 44.0 cm³/mol. The van der Waals surface area contributed by atoms with E-state index in [1.807, 2.05) is 13.0 Å². The molecule has 9 heavy (non-hydrogen) atoms. The fourth-order valence-electron chi connectivity index (χ4n) is 0.249. The highest BCUT2D eigenvalue weighted by Gasteiger charge is 1.69. The third-order valence-electron chi connectivity index (χ3n) is 0.553. The largest absolute Gasteiger partial charge is 0.115 e. The molecule has 0 aliphatic rings. The van der Waals surface area contributed by atoms with Gasteiger partial charge >= 0.3 is 0 Å². The first kappa shape index (κ1) is 10.7. The van der Waals surface area contributed by atoms with Crippen LogP contribution in [0.5, 0.6) is 0 Å². The van der Waals surface area contributed by atoms with Gasteiger partial charge in [0.15, 0.2) is 0 Å². The van der Waals surface area contributed by atoms with Crippen LogP contribution < -0.4 is 0 Å². The fourth-order valence-corrected chi connectivity index (χ4v) is 0.249. The molecule has 0 saturated carbocycles. The zero-order chi connectivity index (χ0) is 7.70. The van der Waals surface area contributed by atoms with Crippen LogP contribution in [0.1, 0.15) is 6.92 Å². The molecule has 0 heterocycles. The van der Waals surface area contributed by atoms with Crippen molar-refractivity contribution < 1.29 is 0 Å². The Balaban J connectivity index is 0. The second-order valence-electron chi connectivity index (χ2n) is 1.17. The van der Waals surface area contributed by atoms with E-state index in [9.17, 15) is 0 Å². The first-order chi connectivity index (χ1) is 4.31. The third-order valence-corrected chi connectivity index (χ3v) is 0.553. The quantitative estimate of drug-likeness (QED) is 0.283. The molecular weight excluding hydrogens is 108 g/mol. The van der Waals surface area contributed by atoms with Gasteiger partial charge in [0.25, 0.3) is 0 Å². The van der Waals surface area contributed by atoms with Crippen molar-refractivity contribution in [1.82, 2.24) is 0 Å². The normalized spacial score (nSPS) is 7.11. The van der Waals surface area contributed by atoms with E-state index in [0.29, 0.717) is 0 Å². The summed E-state index contributed by atoms with van der Waals surface area (Å²) in [6, 6.07) is 0. The molecule has 48 valence electrons. The SMILES string of the molecule is C#CC(=C)/C=C\C.C=C. The molecule has 0 heteroatoms. The average Bonchev–Trinajstić information content (AvgIpc) is 1.93. The zero-order valence-electron chi connectivity index (χ0n) is 5.85. The highest BCUT2D eigenvalue weighted by atomic mass is 13.7. The Morgan fingerprint density at radius 2 is 2.00 bits per heavy atom. The molecule has 0 rings (SSSR count). The number of hydrogen-bond acceptors (Lipinski definition) is 0. The minimum absolute atomic E-state index is 0.725. The number of allylic oxidation sites excluding steroid dienone is 3. The van der Waals surface area contributed by atoms with E-state index in [-0.39, 0.29) is 0 Å². The average molecular weight is 120 g/mol. The van der Waals surface area contributed by atoms with Gasteiger partial charge in [-0.2, -0.15) is 0 Å². The van der Waals surface area contributed by atoms with Crippen LogP contribution in [-0.2, 0) is 0 Å². The van der Waals surface area contributed by atoms with Crippen molar-refractivity contribution in [1.29, 1.82) is 0 Å². The van der Waals surface area contributed by atoms with Crippen molar-refractivity contribution in [2.45, 2.75) is 6.92 Å². The smallest absolute Gasteiger partial charge is 0.0167 e. The van der Waals surface area contributed by atoms with Gasteiger partial charge in [-0.05, 0) is 6.92 Å². The Morgan fingerprint density at radius 1 is 1.56 bits per heavy atom. The molecule has 0 aromatic heterocycles. The lowest BCUT2D eigenvalue weighted by molar-refractivity contribution is 1.70. The molecule has 0 aliphatic carbocycles. The summed E-state index contributed by atoms with van der Waals surface area (Å²) in [5, 5.41) is 0. The summed E-state index contributed by atoms with van der Waals surface area (Å²) in [6.07, 6.45) is 8.61. The molecule has 0 bridgehead atoms. The first-order valence-corrected chi connectivity index (χ1v) is 2.59. The maximum atomic E-state index is 4.96. The standard InChI is InChI=1S/C7H8.C2H4/c1-4-6-7(3)5-2;1-2/h2,4,6H,3H2,1H3;1-2H2/b6-4-;. The molecule has 0 nitrogen and oxygen atoms in total. The minimum Gasteiger partial charge on any atom is -0.115 e. The van der Waals surface area contributed by atoms with Crippen LogP contribution in [0.4, 0.5) is 0 Å². The van der Waals surface area contributed by atoms with Gasteiger partial charge in [-0.1, -0.05) is 24.7 Å². The van der Waals surface area contributed by atoms with E-state index >= 15 is 0 Å². The molecule has 0 amide bonds. The van der Waals surface area contributed by atoms with Gasteiger partial charge in [-0.25, -0.2) is 0 Å². The van der Waals surface area contributed by atoms with Crippen LogP contribution in [0, 0.1) is 12.3 Å². The Bertz CT molecular complexity index is 133. The van der Waals surface area contributed by atoms with E-state index in [1.54, 1.807) is 6.08 Å². The summed E-state index contributed by atoms with van der Waals surface area (Å²) in [5.74, 6) is 2.38. The topological polar surface area (TPSA) is 0 Å². The van der Waals surface area contributed by atoms with Crippen LogP contribution in [0.2, 0.25) is 0 Å². The van der Waals surface area contributed by atoms with Crippen molar-refractivity contribution in [3.8, 4) is 12.3 Å². The number of terminal acetylenes is 1. The number of rotatable bonds is 1. The monoisotopic (exact) mass is 120 g/mol. The molecule has 0 saturated heterocycles. The molecule has 0 unspecified atom stereocenters. The third kappa shape index (κ3) is 10.8. The predicted octanol–water partition coefficient (Wildman–Crippen LogP) is 2.55. The van der Waals surface area contributed by atoms with Crippen molar-refractivity contribution in [3.63, 3.8) is 0 Å². The Labute approximate surface area is 57.6 Å². The fraction of sp³-hybridized carbons (Fsp3) is 0.111. The van der Waals surface area contributed by atoms with Crippen molar-refractivity contribution in [2.75, 3.05) is 0 Å². The van der Waals surface area contributed by atoms with E-state index in [0.717, 1.165) is 5.57 Å². The molecule has 0 aromatic rings. The van der Waals surface area contributed by atoms with Crippen LogP contribution in [0.15, 0.2) is 37.5 Å². The molecule has 0 fully saturated rings. The van der Waals surface area contributed by atoms with Gasteiger partial charge in [0.2, 0.25) is 0 Å². The van der Waals surface area contributed by atoms with Crippen LogP contribution in [-0.4, -0.2) is 0 Å². The Hall–Kier alpha value is -1.22. The second-order valence-corrected chi connectivity index (χ2v) is 1.17. The molecule has 0 radical (unpaired) electrons. The lowest BCUT2D eigenvalue weighted by Gasteiger charge is -1.76. The van der Waals surface area contributed by atoms with Gasteiger partial charge in [0.05, 0.1) is 0 Å². The van der Waals surface area contributed by atoms with Gasteiger partial charge in [0.1, 0.15) is 0 Å². The van der Waals surface area contributed by atoms with E-state index in [4.69, 9.17) is 6.42 Å². The molecule has 0 atom stereocenters. The summed E-state index contributed by atoms with van der Waals surface area (Å²) in [4.78, 5) is 0. The van der Waals surface area contributed by atoms with E-state index in [1.165, 1.54) is 0 Å². The highest BCUT2D eigenvalue weighted by Crippen LogP contribution is 1.85. The summed E-state index contributed by atoms with van der Waals surface area (Å²) < 4.78 is 0. The molecule has 0 aromatic carbocycles. The van der Waals surface area contributed by atoms with E-state index in [2.05, 4.69) is 25.7 Å². The summed E-state index contributed by atoms with van der Waals surface area (Å²) >= 11 is 0. The van der Waals surface area contributed by atoms with Gasteiger partial charge in [-0.3, -0.25) is 0 Å². The summed E-state index contributed by atoms with van der Waals surface area (Å²) in [7, 11) is 0. The van der Waals surface area contributed by atoms with Crippen molar-refractivity contribution in [2.24, 2.45) is 0 Å². The lowest BCUT2D eigenvalue weighted by atomic mass is 10.3. The van der Waals surface area contributed by atoms with Crippen molar-refractivity contribution >= 4 is 0 Å². The Kier molecular flexibility index (Phi) is 11.8. The van der Waals surface area contributed by atoms with Crippen molar-refractivity contribution in [3.05, 3.63) is 37.5 Å². The highest BCUT2D eigenvalue weighted by molar-refractivity contribution is 5.32. The Morgan fingerprint density at radius 3 is 2.11 bits per heavy atom. The number of hydrogen-bond donors (Lipinski definition) is 0. The zero-order valence-corrected chi connectivity index (χ0v) is 5.85.